The van der Waals surface area contributed by atoms with E-state index in [1.165, 1.54) is 18.4 Å². The van der Waals surface area contributed by atoms with E-state index in [0.29, 0.717) is 30.5 Å². The number of aromatic nitrogens is 4. The van der Waals surface area contributed by atoms with Gasteiger partial charge in [0.2, 0.25) is 0 Å². The molecule has 1 saturated heterocycles. The number of nitrogens with zero attached hydrogens (tertiary/aromatic N) is 5. The molecular formula is C18H20N6O4S. The lowest BCUT2D eigenvalue weighted by atomic mass is 10.2. The Morgan fingerprint density at radius 3 is 2.72 bits per heavy atom. The number of anilines is 2. The van der Waals surface area contributed by atoms with Gasteiger partial charge < -0.3 is 18.8 Å². The van der Waals surface area contributed by atoms with Crippen molar-refractivity contribution in [3.8, 4) is 16.5 Å². The predicted octanol–water partition coefficient (Wildman–Crippen LogP) is 2.46. The molecule has 10 nitrogen and oxygen atoms in total. The van der Waals surface area contributed by atoms with Crippen molar-refractivity contribution < 1.29 is 18.7 Å². The second-order valence-corrected chi connectivity index (χ2v) is 7.57. The first-order valence-corrected chi connectivity index (χ1v) is 9.92. The molecule has 4 rings (SSSR count). The standard InChI is InChI=1S/C18H20N6O4S/c1-10-8-24(9-11(2)27-10)14-7-12(26-3)15(21-20-14)16(25)19-18-23-22-17(28-18)13-5-4-6-29-13/h4-7,10-11H,8-9H2,1-3H3,(H,19,23,25). The van der Waals surface area contributed by atoms with E-state index in [1.807, 2.05) is 31.4 Å². The molecule has 1 N–H and O–H groups in total. The zero-order chi connectivity index (χ0) is 20.4. The first kappa shape index (κ1) is 19.3. The van der Waals surface area contributed by atoms with Gasteiger partial charge in [0.05, 0.1) is 24.2 Å². The van der Waals surface area contributed by atoms with Crippen molar-refractivity contribution in [2.45, 2.75) is 26.1 Å². The lowest BCUT2D eigenvalue weighted by molar-refractivity contribution is -0.00552. The summed E-state index contributed by atoms with van der Waals surface area (Å²) in [6.45, 7) is 5.37. The first-order chi connectivity index (χ1) is 14.0. The van der Waals surface area contributed by atoms with Gasteiger partial charge in [-0.05, 0) is 25.3 Å². The summed E-state index contributed by atoms with van der Waals surface area (Å²) in [7, 11) is 1.48. The van der Waals surface area contributed by atoms with Crippen molar-refractivity contribution in [3.05, 3.63) is 29.3 Å². The maximum atomic E-state index is 12.6. The summed E-state index contributed by atoms with van der Waals surface area (Å²) in [5, 5.41) is 20.5. The highest BCUT2D eigenvalue weighted by Gasteiger charge is 2.26. The second-order valence-electron chi connectivity index (χ2n) is 6.63. The van der Waals surface area contributed by atoms with Crippen LogP contribution in [0.1, 0.15) is 24.3 Å². The third-order valence-electron chi connectivity index (χ3n) is 4.30. The number of morpholine rings is 1. The van der Waals surface area contributed by atoms with E-state index in [4.69, 9.17) is 13.9 Å². The molecule has 4 heterocycles. The van der Waals surface area contributed by atoms with Crippen molar-refractivity contribution in [2.75, 3.05) is 30.4 Å². The maximum Gasteiger partial charge on any atom is 0.322 e. The number of rotatable bonds is 5. The van der Waals surface area contributed by atoms with Crippen molar-refractivity contribution in [3.63, 3.8) is 0 Å². The van der Waals surface area contributed by atoms with E-state index >= 15 is 0 Å². The molecule has 152 valence electrons. The van der Waals surface area contributed by atoms with Crippen molar-refractivity contribution in [1.82, 2.24) is 20.4 Å². The van der Waals surface area contributed by atoms with E-state index in [0.717, 1.165) is 4.88 Å². The minimum Gasteiger partial charge on any atom is -0.494 e. The summed E-state index contributed by atoms with van der Waals surface area (Å²) in [6, 6.07) is 5.39. The van der Waals surface area contributed by atoms with Crippen LogP contribution in [0.3, 0.4) is 0 Å². The normalized spacial score (nSPS) is 19.2. The number of methoxy groups -OCH3 is 1. The molecule has 1 aliphatic heterocycles. The fourth-order valence-corrected chi connectivity index (χ4v) is 3.77. The van der Waals surface area contributed by atoms with Crippen molar-refractivity contribution in [1.29, 1.82) is 0 Å². The number of ether oxygens (including phenoxy) is 2. The van der Waals surface area contributed by atoms with Crippen LogP contribution in [-0.4, -0.2) is 58.7 Å². The topological polar surface area (TPSA) is 116 Å². The summed E-state index contributed by atoms with van der Waals surface area (Å²) in [4.78, 5) is 15.5. The Hall–Kier alpha value is -3.05. The monoisotopic (exact) mass is 416 g/mol. The largest absolute Gasteiger partial charge is 0.494 e. The van der Waals surface area contributed by atoms with E-state index < -0.39 is 5.91 Å². The van der Waals surface area contributed by atoms with Gasteiger partial charge in [-0.2, -0.15) is 0 Å². The highest BCUT2D eigenvalue weighted by Crippen LogP contribution is 2.26. The van der Waals surface area contributed by atoms with Crippen LogP contribution in [0.15, 0.2) is 28.0 Å². The molecule has 0 saturated carbocycles. The smallest absolute Gasteiger partial charge is 0.322 e. The Balaban J connectivity index is 1.51. The number of amides is 1. The zero-order valence-corrected chi connectivity index (χ0v) is 17.0. The molecule has 0 aromatic carbocycles. The van der Waals surface area contributed by atoms with Gasteiger partial charge in [0.1, 0.15) is 0 Å². The number of hydrogen-bond acceptors (Lipinski definition) is 10. The number of nitrogens with one attached hydrogen (secondary N) is 1. The molecule has 1 fully saturated rings. The molecule has 11 heteroatoms. The van der Waals surface area contributed by atoms with E-state index in [9.17, 15) is 4.79 Å². The lowest BCUT2D eigenvalue weighted by Crippen LogP contribution is -2.46. The van der Waals surface area contributed by atoms with Crippen molar-refractivity contribution in [2.24, 2.45) is 0 Å². The Labute approximate surface area is 170 Å². The molecule has 0 bridgehead atoms. The van der Waals surface area contributed by atoms with Crippen LogP contribution in [0.25, 0.3) is 10.8 Å². The summed E-state index contributed by atoms with van der Waals surface area (Å²) < 4.78 is 16.6. The number of thiophene rings is 1. The molecule has 2 unspecified atom stereocenters. The van der Waals surface area contributed by atoms with Gasteiger partial charge in [-0.15, -0.1) is 26.6 Å². The first-order valence-electron chi connectivity index (χ1n) is 9.04. The summed E-state index contributed by atoms with van der Waals surface area (Å²) in [5.74, 6) is 0.709. The fourth-order valence-electron chi connectivity index (χ4n) is 3.13. The Morgan fingerprint density at radius 1 is 1.24 bits per heavy atom. The fraction of sp³-hybridized carbons (Fsp3) is 0.389. The van der Waals surface area contributed by atoms with Crippen LogP contribution >= 0.6 is 11.3 Å². The van der Waals surface area contributed by atoms with Gasteiger partial charge in [0.15, 0.2) is 17.3 Å². The highest BCUT2D eigenvalue weighted by molar-refractivity contribution is 7.13. The minimum absolute atomic E-state index is 0.0258. The number of hydrogen-bond donors (Lipinski definition) is 1. The average molecular weight is 416 g/mol. The molecule has 1 amide bonds. The highest BCUT2D eigenvalue weighted by atomic mass is 32.1. The quantitative estimate of drug-likeness (QED) is 0.669. The van der Waals surface area contributed by atoms with Crippen LogP contribution in [0, 0.1) is 0 Å². The van der Waals surface area contributed by atoms with Crippen molar-refractivity contribution >= 4 is 29.1 Å². The molecular weight excluding hydrogens is 396 g/mol. The minimum atomic E-state index is -0.550. The lowest BCUT2D eigenvalue weighted by Gasteiger charge is -2.35. The molecule has 3 aromatic rings. The molecule has 0 spiro atoms. The van der Waals surface area contributed by atoms with Gasteiger partial charge in [0, 0.05) is 19.2 Å². The zero-order valence-electron chi connectivity index (χ0n) is 16.2. The Bertz CT molecular complexity index is 982. The maximum absolute atomic E-state index is 12.6. The van der Waals surface area contributed by atoms with Crippen LogP contribution < -0.4 is 15.0 Å². The molecule has 1 aliphatic rings. The van der Waals surface area contributed by atoms with Crippen LogP contribution in [0.4, 0.5) is 11.8 Å². The summed E-state index contributed by atoms with van der Waals surface area (Å²) >= 11 is 1.46. The van der Waals surface area contributed by atoms with Crippen LogP contribution in [-0.2, 0) is 4.74 Å². The van der Waals surface area contributed by atoms with Gasteiger partial charge in [-0.1, -0.05) is 11.2 Å². The van der Waals surface area contributed by atoms with E-state index in [2.05, 4.69) is 30.6 Å². The average Bonchev–Trinajstić information content (AvgIpc) is 3.38. The van der Waals surface area contributed by atoms with E-state index in [-0.39, 0.29) is 23.9 Å². The third kappa shape index (κ3) is 4.20. The third-order valence-corrected chi connectivity index (χ3v) is 5.16. The Morgan fingerprint density at radius 2 is 2.03 bits per heavy atom. The van der Waals surface area contributed by atoms with E-state index in [1.54, 1.807) is 6.07 Å². The molecule has 2 atom stereocenters. The predicted molar refractivity (Wildman–Crippen MR) is 106 cm³/mol. The molecule has 0 aliphatic carbocycles. The van der Waals surface area contributed by atoms with Gasteiger partial charge >= 0.3 is 6.01 Å². The Kier molecular flexibility index (Phi) is 5.41. The van der Waals surface area contributed by atoms with Gasteiger partial charge in [0.25, 0.3) is 11.8 Å². The van der Waals surface area contributed by atoms with Gasteiger partial charge in [-0.25, -0.2) is 0 Å². The second kappa shape index (κ2) is 8.13. The van der Waals surface area contributed by atoms with Gasteiger partial charge in [-0.3, -0.25) is 10.1 Å². The SMILES string of the molecule is COc1cc(N2CC(C)OC(C)C2)nnc1C(=O)Nc1nnc(-c2cccs2)o1. The molecule has 3 aromatic heterocycles. The van der Waals surface area contributed by atoms with Crippen LogP contribution in [0.5, 0.6) is 5.75 Å². The number of carbonyl (C=O) groups is 1. The molecule has 29 heavy (non-hydrogen) atoms. The number of carbonyl (C=O) groups excluding carboxylic acids is 1. The summed E-state index contributed by atoms with van der Waals surface area (Å²) in [6.07, 6.45) is 0.147. The van der Waals surface area contributed by atoms with Crippen LogP contribution in [0.2, 0.25) is 0 Å². The summed E-state index contributed by atoms with van der Waals surface area (Å²) in [5.41, 5.74) is 0.0291. The molecule has 0 radical (unpaired) electrons.